The molecule has 0 aromatic heterocycles. The maximum absolute atomic E-state index is 14.2. The van der Waals surface area contributed by atoms with Gasteiger partial charge in [-0.15, -0.1) is 0 Å². The Morgan fingerprint density at radius 2 is 1.76 bits per heavy atom. The van der Waals surface area contributed by atoms with E-state index in [1.54, 1.807) is 12.1 Å². The number of amides is 2. The third-order valence-corrected chi connectivity index (χ3v) is 5.29. The highest BCUT2D eigenvalue weighted by molar-refractivity contribution is 6.30. The second-order valence-electron chi connectivity index (χ2n) is 9.24. The van der Waals surface area contributed by atoms with Gasteiger partial charge in [-0.25, -0.2) is 9.18 Å². The van der Waals surface area contributed by atoms with Gasteiger partial charge in [0.1, 0.15) is 11.5 Å². The van der Waals surface area contributed by atoms with Gasteiger partial charge in [-0.2, -0.15) is 0 Å². The predicted molar refractivity (Wildman–Crippen MR) is 131 cm³/mol. The van der Waals surface area contributed by atoms with Crippen LogP contribution in [0.3, 0.4) is 0 Å². The van der Waals surface area contributed by atoms with E-state index < -0.39 is 11.8 Å². The SMILES string of the molecule is CC(C)CN(CC(C)C)c1cccc(OC(=O)C2CC2)c1NC(=O)Nc1ccc(Cl)cc1F. The summed E-state index contributed by atoms with van der Waals surface area (Å²) in [5.74, 6) is -0.0433. The standard InChI is InChI=1S/C25H31ClFN3O3/c1-15(2)13-30(14-16(3)4)21-6-5-7-22(33-24(31)17-8-9-17)23(21)29-25(32)28-20-11-10-18(26)12-19(20)27/h5-7,10-12,15-17H,8-9,13-14H2,1-4H3,(H2,28,29,32). The van der Waals surface area contributed by atoms with Gasteiger partial charge in [0, 0.05) is 18.1 Å². The van der Waals surface area contributed by atoms with Gasteiger partial charge in [0.25, 0.3) is 0 Å². The number of hydrogen-bond acceptors (Lipinski definition) is 4. The highest BCUT2D eigenvalue weighted by Gasteiger charge is 2.32. The lowest BCUT2D eigenvalue weighted by Gasteiger charge is -2.31. The van der Waals surface area contributed by atoms with Crippen LogP contribution in [0.5, 0.6) is 5.75 Å². The zero-order valence-corrected chi connectivity index (χ0v) is 20.2. The molecule has 1 aliphatic rings. The lowest BCUT2D eigenvalue weighted by molar-refractivity contribution is -0.135. The summed E-state index contributed by atoms with van der Waals surface area (Å²) in [6.45, 7) is 9.97. The zero-order valence-electron chi connectivity index (χ0n) is 19.5. The first-order valence-electron chi connectivity index (χ1n) is 11.3. The number of nitrogens with zero attached hydrogens (tertiary/aromatic N) is 1. The first-order valence-corrected chi connectivity index (χ1v) is 11.6. The van der Waals surface area contributed by atoms with Gasteiger partial charge in [0.2, 0.25) is 0 Å². The number of rotatable bonds is 9. The minimum Gasteiger partial charge on any atom is -0.424 e. The van der Waals surface area contributed by atoms with E-state index in [2.05, 4.69) is 43.2 Å². The predicted octanol–water partition coefficient (Wildman–Crippen LogP) is 6.56. The fourth-order valence-corrected chi connectivity index (χ4v) is 3.67. The molecule has 6 nitrogen and oxygen atoms in total. The quantitative estimate of drug-likeness (QED) is 0.318. The number of nitrogens with one attached hydrogen (secondary N) is 2. The summed E-state index contributed by atoms with van der Waals surface area (Å²) in [5, 5.41) is 5.53. The van der Waals surface area contributed by atoms with E-state index in [1.165, 1.54) is 12.1 Å². The Hall–Kier alpha value is -2.80. The molecule has 33 heavy (non-hydrogen) atoms. The van der Waals surface area contributed by atoms with Crippen molar-refractivity contribution in [2.24, 2.45) is 17.8 Å². The molecule has 0 spiro atoms. The Morgan fingerprint density at radius 1 is 1.09 bits per heavy atom. The lowest BCUT2D eigenvalue weighted by atomic mass is 10.1. The van der Waals surface area contributed by atoms with Crippen LogP contribution in [0.1, 0.15) is 40.5 Å². The molecule has 3 rings (SSSR count). The molecule has 2 aromatic rings. The van der Waals surface area contributed by atoms with Gasteiger partial charge in [-0.1, -0.05) is 45.4 Å². The highest BCUT2D eigenvalue weighted by Crippen LogP contribution is 2.38. The fourth-order valence-electron chi connectivity index (χ4n) is 3.52. The molecule has 0 heterocycles. The third kappa shape index (κ3) is 7.09. The first kappa shape index (κ1) is 24.8. The molecule has 1 fully saturated rings. The summed E-state index contributed by atoms with van der Waals surface area (Å²) >= 11 is 5.80. The van der Waals surface area contributed by atoms with E-state index in [0.29, 0.717) is 17.5 Å². The average Bonchev–Trinajstić information content (AvgIpc) is 3.55. The van der Waals surface area contributed by atoms with Crippen LogP contribution in [0.25, 0.3) is 0 Å². The lowest BCUT2D eigenvalue weighted by Crippen LogP contribution is -2.33. The number of carbonyl (C=O) groups excluding carboxylic acids is 2. The van der Waals surface area contributed by atoms with Crippen molar-refractivity contribution in [1.29, 1.82) is 0 Å². The molecule has 2 aromatic carbocycles. The highest BCUT2D eigenvalue weighted by atomic mass is 35.5. The molecule has 2 amide bonds. The molecule has 0 saturated heterocycles. The summed E-state index contributed by atoms with van der Waals surface area (Å²) < 4.78 is 19.8. The summed E-state index contributed by atoms with van der Waals surface area (Å²) in [6.07, 6.45) is 1.62. The molecular weight excluding hydrogens is 445 g/mol. The summed E-state index contributed by atoms with van der Waals surface area (Å²) in [4.78, 5) is 27.4. The van der Waals surface area contributed by atoms with Gasteiger partial charge in [0.05, 0.1) is 17.3 Å². The molecule has 0 bridgehead atoms. The number of carbonyl (C=O) groups is 2. The number of benzene rings is 2. The van der Waals surface area contributed by atoms with Gasteiger partial charge in [0.15, 0.2) is 5.75 Å². The third-order valence-electron chi connectivity index (χ3n) is 5.06. The number of halogens is 2. The Kier molecular flexibility index (Phi) is 8.19. The summed E-state index contributed by atoms with van der Waals surface area (Å²) in [7, 11) is 0. The summed E-state index contributed by atoms with van der Waals surface area (Å²) in [6, 6.07) is 8.71. The smallest absolute Gasteiger partial charge is 0.323 e. The van der Waals surface area contributed by atoms with E-state index in [9.17, 15) is 14.0 Å². The van der Waals surface area contributed by atoms with Gasteiger partial charge in [-0.05, 0) is 55.0 Å². The summed E-state index contributed by atoms with van der Waals surface area (Å²) in [5.41, 5.74) is 1.11. The monoisotopic (exact) mass is 475 g/mol. The second kappa shape index (κ2) is 10.9. The Balaban J connectivity index is 1.93. The Bertz CT molecular complexity index is 998. The number of para-hydroxylation sites is 1. The van der Waals surface area contributed by atoms with Crippen LogP contribution in [0, 0.1) is 23.6 Å². The van der Waals surface area contributed by atoms with Crippen molar-refractivity contribution in [2.45, 2.75) is 40.5 Å². The molecule has 0 atom stereocenters. The van der Waals surface area contributed by atoms with E-state index in [-0.39, 0.29) is 28.3 Å². The number of esters is 1. The molecular formula is C25H31ClFN3O3. The van der Waals surface area contributed by atoms with E-state index in [4.69, 9.17) is 16.3 Å². The van der Waals surface area contributed by atoms with Gasteiger partial charge in [-0.3, -0.25) is 4.79 Å². The minimum atomic E-state index is -0.651. The van der Waals surface area contributed by atoms with Crippen LogP contribution in [-0.2, 0) is 4.79 Å². The van der Waals surface area contributed by atoms with Crippen molar-refractivity contribution < 1.29 is 18.7 Å². The van der Waals surface area contributed by atoms with E-state index >= 15 is 0 Å². The number of hydrogen-bond donors (Lipinski definition) is 2. The average molecular weight is 476 g/mol. The molecule has 0 unspecified atom stereocenters. The zero-order chi connectivity index (χ0) is 24.1. The van der Waals surface area contributed by atoms with Crippen molar-refractivity contribution in [3.8, 4) is 5.75 Å². The van der Waals surface area contributed by atoms with Gasteiger partial charge < -0.3 is 20.3 Å². The van der Waals surface area contributed by atoms with Crippen molar-refractivity contribution in [2.75, 3.05) is 28.6 Å². The molecule has 178 valence electrons. The first-order chi connectivity index (χ1) is 15.6. The van der Waals surface area contributed by atoms with Crippen LogP contribution in [0.2, 0.25) is 5.02 Å². The molecule has 1 aliphatic carbocycles. The van der Waals surface area contributed by atoms with Crippen molar-refractivity contribution in [3.63, 3.8) is 0 Å². The second-order valence-corrected chi connectivity index (χ2v) is 9.68. The van der Waals surface area contributed by atoms with E-state index in [1.807, 2.05) is 6.07 Å². The fraction of sp³-hybridized carbons (Fsp3) is 0.440. The molecule has 8 heteroatoms. The molecule has 0 radical (unpaired) electrons. The van der Waals surface area contributed by atoms with Crippen LogP contribution >= 0.6 is 11.6 Å². The topological polar surface area (TPSA) is 70.7 Å². The molecule has 1 saturated carbocycles. The van der Waals surface area contributed by atoms with Crippen LogP contribution in [0.15, 0.2) is 36.4 Å². The van der Waals surface area contributed by atoms with Crippen molar-refractivity contribution in [3.05, 3.63) is 47.2 Å². The Labute approximate surface area is 199 Å². The van der Waals surface area contributed by atoms with Crippen molar-refractivity contribution >= 4 is 40.7 Å². The molecule has 2 N–H and O–H groups in total. The number of ether oxygens (including phenoxy) is 1. The van der Waals surface area contributed by atoms with Crippen molar-refractivity contribution in [1.82, 2.24) is 0 Å². The van der Waals surface area contributed by atoms with Crippen LogP contribution in [-0.4, -0.2) is 25.1 Å². The number of urea groups is 1. The van der Waals surface area contributed by atoms with Crippen LogP contribution < -0.4 is 20.3 Å². The minimum absolute atomic E-state index is 0.00729. The largest absolute Gasteiger partial charge is 0.424 e. The maximum atomic E-state index is 14.2. The normalized spacial score (nSPS) is 13.2. The van der Waals surface area contributed by atoms with Crippen LogP contribution in [0.4, 0.5) is 26.2 Å². The maximum Gasteiger partial charge on any atom is 0.323 e. The molecule has 0 aliphatic heterocycles. The number of anilines is 3. The van der Waals surface area contributed by atoms with Gasteiger partial charge >= 0.3 is 12.0 Å². The van der Waals surface area contributed by atoms with E-state index in [0.717, 1.165) is 37.7 Å². The Morgan fingerprint density at radius 3 is 2.33 bits per heavy atom.